The summed E-state index contributed by atoms with van der Waals surface area (Å²) < 4.78 is 17.1. The molecule has 22 N–H and O–H groups in total. The molecule has 224 valence electrons. The molecule has 0 spiro atoms. The van der Waals surface area contributed by atoms with Crippen LogP contribution in [-0.4, -0.2) is 55.8 Å². The smallest absolute Gasteiger partial charge is 0.822 e. The monoisotopic (exact) mass is 796 g/mol. The zero-order valence-corrected chi connectivity index (χ0v) is 31.7. The SMILES string of the molecule is Nc1nc(N)nc(N)n1.Nc1nc(N)nc(N)n1.Nc1nc(N)nc(N)n1.O.O.O=P([O-])([O-])[O-].O=P([O-])([O-])[O-].[Zn+2].[Zn+2].[Zn+2]. The second-order valence-corrected chi connectivity index (χ2v) is 6.91. The first-order valence-electron chi connectivity index (χ1n) is 8.08. The zero-order chi connectivity index (χ0) is 29.6. The van der Waals surface area contributed by atoms with E-state index in [1.165, 1.54) is 0 Å². The number of rotatable bonds is 0. The summed E-state index contributed by atoms with van der Waals surface area (Å²) in [6.07, 6.45) is 0. The molecule has 0 aliphatic heterocycles. The molecule has 3 rings (SSSR count). The van der Waals surface area contributed by atoms with Crippen LogP contribution in [-0.2, 0) is 67.6 Å². The molecule has 0 unspecified atom stereocenters. The zero-order valence-electron chi connectivity index (χ0n) is 21.0. The fourth-order valence-electron chi connectivity index (χ4n) is 1.28. The van der Waals surface area contributed by atoms with Crippen LogP contribution in [0, 0.1) is 0 Å². The fourth-order valence-corrected chi connectivity index (χ4v) is 1.28. The third-order valence-electron chi connectivity index (χ3n) is 2.06. The van der Waals surface area contributed by atoms with Crippen LogP contribution >= 0.6 is 15.6 Å². The number of hydrogen-bond acceptors (Lipinski definition) is 26. The second-order valence-electron chi connectivity index (χ2n) is 5.12. The Morgan fingerprint density at radius 1 is 0.333 bits per heavy atom. The summed E-state index contributed by atoms with van der Waals surface area (Å²) in [6.45, 7) is 0. The molecule has 33 heteroatoms. The van der Waals surface area contributed by atoms with Crippen LogP contribution in [0.3, 0.4) is 0 Å². The van der Waals surface area contributed by atoms with Crippen molar-refractivity contribution in [2.75, 3.05) is 51.6 Å². The van der Waals surface area contributed by atoms with E-state index in [4.69, 9.17) is 90.1 Å². The number of hydrogen-bond donors (Lipinski definition) is 9. The van der Waals surface area contributed by atoms with Crippen LogP contribution in [0.15, 0.2) is 0 Å². The van der Waals surface area contributed by atoms with Gasteiger partial charge >= 0.3 is 58.4 Å². The van der Waals surface area contributed by atoms with E-state index in [9.17, 15) is 0 Å². The largest absolute Gasteiger partial charge is 2.00 e. The van der Waals surface area contributed by atoms with Crippen LogP contribution < -0.4 is 81.0 Å². The molecule has 0 saturated heterocycles. The van der Waals surface area contributed by atoms with Gasteiger partial charge in [0, 0.05) is 0 Å². The maximum Gasteiger partial charge on any atom is 2.00 e. The Kier molecular flexibility index (Phi) is 34.1. The van der Waals surface area contributed by atoms with Crippen LogP contribution in [0.1, 0.15) is 0 Å². The minimum absolute atomic E-state index is 0. The van der Waals surface area contributed by atoms with E-state index in [0.717, 1.165) is 0 Å². The molecule has 0 fully saturated rings. The number of aromatic nitrogens is 9. The summed E-state index contributed by atoms with van der Waals surface area (Å²) in [5.74, 6) is 0.375. The van der Waals surface area contributed by atoms with Gasteiger partial charge in [0.1, 0.15) is 0 Å². The van der Waals surface area contributed by atoms with E-state index in [2.05, 4.69) is 44.9 Å². The maximum atomic E-state index is 8.55. The number of nitrogens with two attached hydrogens (primary N) is 9. The quantitative estimate of drug-likeness (QED) is 0.0752. The number of phosphoric acid groups is 2. The molecule has 3 aromatic heterocycles. The van der Waals surface area contributed by atoms with E-state index >= 15 is 0 Å². The first-order valence-corrected chi connectivity index (χ1v) is 11.0. The van der Waals surface area contributed by atoms with Gasteiger partial charge in [0.05, 0.1) is 0 Å². The van der Waals surface area contributed by atoms with Gasteiger partial charge in [-0.25, -0.2) is 0 Å². The van der Waals surface area contributed by atoms with Crippen LogP contribution in [0.5, 0.6) is 0 Å². The van der Waals surface area contributed by atoms with Crippen molar-refractivity contribution in [3.63, 3.8) is 0 Å². The maximum absolute atomic E-state index is 8.55. The molecule has 0 radical (unpaired) electrons. The third kappa shape index (κ3) is 44.3. The minimum Gasteiger partial charge on any atom is -0.822 e. The molecule has 0 amide bonds. The van der Waals surface area contributed by atoms with Crippen LogP contribution in [0.4, 0.5) is 53.5 Å². The predicted molar refractivity (Wildman–Crippen MR) is 122 cm³/mol. The van der Waals surface area contributed by atoms with Gasteiger partial charge in [0.15, 0.2) is 0 Å². The van der Waals surface area contributed by atoms with Crippen LogP contribution in [0.2, 0.25) is 0 Å². The van der Waals surface area contributed by atoms with E-state index in [1.807, 2.05) is 0 Å². The number of nitrogens with zero attached hydrogens (tertiary/aromatic N) is 9. The molecule has 0 aliphatic carbocycles. The normalized spacial score (nSPS) is 8.81. The summed E-state index contributed by atoms with van der Waals surface area (Å²) in [6, 6.07) is 0. The van der Waals surface area contributed by atoms with Crippen molar-refractivity contribution in [2.24, 2.45) is 0 Å². The average molecular weight is 801 g/mol. The van der Waals surface area contributed by atoms with Gasteiger partial charge in [-0.05, 0) is 0 Å². The van der Waals surface area contributed by atoms with Crippen molar-refractivity contribution in [3.05, 3.63) is 0 Å². The van der Waals surface area contributed by atoms with Crippen molar-refractivity contribution in [1.82, 2.24) is 44.9 Å². The van der Waals surface area contributed by atoms with E-state index < -0.39 is 15.6 Å². The molecule has 0 bridgehead atoms. The molecule has 0 aromatic carbocycles. The molecule has 0 atom stereocenters. The van der Waals surface area contributed by atoms with E-state index in [1.54, 1.807) is 0 Å². The van der Waals surface area contributed by atoms with Crippen molar-refractivity contribution < 1.29 is 108 Å². The summed E-state index contributed by atoms with van der Waals surface area (Å²) >= 11 is 0. The van der Waals surface area contributed by atoms with Gasteiger partial charge in [-0.15, -0.1) is 0 Å². The first kappa shape index (κ1) is 55.2. The van der Waals surface area contributed by atoms with Gasteiger partial charge in [-0.2, -0.15) is 60.5 Å². The fraction of sp³-hybridized carbons (Fsp3) is 0. The van der Waals surface area contributed by atoms with Crippen molar-refractivity contribution in [2.45, 2.75) is 0 Å². The first-order chi connectivity index (χ1) is 16.5. The van der Waals surface area contributed by atoms with Gasteiger partial charge in [0.2, 0.25) is 53.5 Å². The number of nitrogen functional groups attached to an aromatic ring is 9. The Bertz CT molecular complexity index is 936. The molecular weight excluding hydrogens is 778 g/mol. The Labute approximate surface area is 272 Å². The Morgan fingerprint density at radius 2 is 0.381 bits per heavy atom. The molecule has 28 nitrogen and oxygen atoms in total. The van der Waals surface area contributed by atoms with Gasteiger partial charge in [0.25, 0.3) is 0 Å². The summed E-state index contributed by atoms with van der Waals surface area (Å²) in [4.78, 5) is 82.7. The molecule has 42 heavy (non-hydrogen) atoms. The molecule has 3 heterocycles. The molecule has 0 saturated carbocycles. The van der Waals surface area contributed by atoms with E-state index in [0.29, 0.717) is 0 Å². The summed E-state index contributed by atoms with van der Waals surface area (Å²) in [7, 11) is -10.8. The average Bonchev–Trinajstić information content (AvgIpc) is 2.55. The third-order valence-corrected chi connectivity index (χ3v) is 2.06. The van der Waals surface area contributed by atoms with Crippen molar-refractivity contribution in [1.29, 1.82) is 0 Å². The van der Waals surface area contributed by atoms with Gasteiger partial charge < -0.3 is 101 Å². The van der Waals surface area contributed by atoms with E-state index in [-0.39, 0.29) is 123 Å². The van der Waals surface area contributed by atoms with Crippen LogP contribution in [0.25, 0.3) is 0 Å². The number of anilines is 9. The molecular formula is C9H22N18O10P2Zn3. The van der Waals surface area contributed by atoms with Gasteiger partial charge in [-0.1, -0.05) is 0 Å². The summed E-state index contributed by atoms with van der Waals surface area (Å²) in [5.41, 5.74) is 46.2. The van der Waals surface area contributed by atoms with Crippen molar-refractivity contribution >= 4 is 69.2 Å². The Hall–Kier alpha value is -2.76. The summed E-state index contributed by atoms with van der Waals surface area (Å²) in [5, 5.41) is 0. The Morgan fingerprint density at radius 3 is 0.429 bits per heavy atom. The molecule has 3 aromatic rings. The predicted octanol–water partition coefficient (Wildman–Crippen LogP) is -11.5. The topological polar surface area (TPSA) is 586 Å². The van der Waals surface area contributed by atoms with Crippen molar-refractivity contribution in [3.8, 4) is 0 Å². The second kappa shape index (κ2) is 25.9. The minimum atomic E-state index is -5.39. The molecule has 0 aliphatic rings. The Balaban J connectivity index is -0.0000000724. The standard InChI is InChI=1S/3C3H6N6.2H3O4P.2H2O.3Zn/c3*4-1-7-2(5)9-3(6)8-1;2*1-5(2,3)4;;;;;/h3*(H6,4,5,6,7,8,9);2*(H3,1,2,3,4);2*1H2;;;/q;;;;;;;3*+2/p-6. The van der Waals surface area contributed by atoms with Gasteiger partial charge in [-0.3, -0.25) is 0 Å².